The highest BCUT2D eigenvalue weighted by Gasteiger charge is 2.16. The first-order valence-corrected chi connectivity index (χ1v) is 5.41. The molecule has 3 nitrogen and oxygen atoms in total. The van der Waals surface area contributed by atoms with Gasteiger partial charge >= 0.3 is 0 Å². The molecule has 16 heavy (non-hydrogen) atoms. The SMILES string of the molecule is O=C(NC[C@H]1CCCO1)c1ccc(F)cc1. The summed E-state index contributed by atoms with van der Waals surface area (Å²) in [6.07, 6.45) is 2.17. The van der Waals surface area contributed by atoms with Gasteiger partial charge in [-0.3, -0.25) is 4.79 Å². The largest absolute Gasteiger partial charge is 0.376 e. The van der Waals surface area contributed by atoms with E-state index < -0.39 is 0 Å². The Labute approximate surface area is 93.6 Å². The molecule has 1 N–H and O–H groups in total. The molecule has 0 spiro atoms. The van der Waals surface area contributed by atoms with Crippen LogP contribution in [0.1, 0.15) is 23.2 Å². The molecule has 1 amide bonds. The van der Waals surface area contributed by atoms with E-state index in [1.54, 1.807) is 0 Å². The van der Waals surface area contributed by atoms with Crippen LogP contribution >= 0.6 is 0 Å². The normalized spacial score (nSPS) is 19.7. The Kier molecular flexibility index (Phi) is 3.51. The summed E-state index contributed by atoms with van der Waals surface area (Å²) in [7, 11) is 0. The lowest BCUT2D eigenvalue weighted by Gasteiger charge is -2.10. The molecule has 1 heterocycles. The smallest absolute Gasteiger partial charge is 0.251 e. The Morgan fingerprint density at radius 3 is 2.81 bits per heavy atom. The molecule has 1 aromatic rings. The minimum Gasteiger partial charge on any atom is -0.376 e. The van der Waals surface area contributed by atoms with E-state index in [9.17, 15) is 9.18 Å². The lowest BCUT2D eigenvalue weighted by atomic mass is 10.2. The molecule has 0 aliphatic carbocycles. The number of benzene rings is 1. The molecule has 0 radical (unpaired) electrons. The van der Waals surface area contributed by atoms with Gasteiger partial charge in [-0.15, -0.1) is 0 Å². The molecule has 4 heteroatoms. The van der Waals surface area contributed by atoms with Gasteiger partial charge in [-0.25, -0.2) is 4.39 Å². The first kappa shape index (κ1) is 11.1. The van der Waals surface area contributed by atoms with Crippen molar-refractivity contribution < 1.29 is 13.9 Å². The van der Waals surface area contributed by atoms with Gasteiger partial charge in [0.1, 0.15) is 5.82 Å². The zero-order valence-electron chi connectivity index (χ0n) is 8.91. The fraction of sp³-hybridized carbons (Fsp3) is 0.417. The van der Waals surface area contributed by atoms with E-state index in [1.807, 2.05) is 0 Å². The summed E-state index contributed by atoms with van der Waals surface area (Å²) in [6, 6.07) is 5.50. The van der Waals surface area contributed by atoms with Crippen molar-refractivity contribution in [2.75, 3.05) is 13.2 Å². The Bertz CT molecular complexity index is 358. The van der Waals surface area contributed by atoms with Crippen molar-refractivity contribution >= 4 is 5.91 Å². The van der Waals surface area contributed by atoms with Gasteiger partial charge in [0.05, 0.1) is 6.10 Å². The van der Waals surface area contributed by atoms with Gasteiger partial charge in [0.15, 0.2) is 0 Å². The molecule has 0 unspecified atom stereocenters. The number of ether oxygens (including phenoxy) is 1. The summed E-state index contributed by atoms with van der Waals surface area (Å²) in [6.45, 7) is 1.30. The van der Waals surface area contributed by atoms with E-state index in [0.717, 1.165) is 19.4 Å². The first-order chi connectivity index (χ1) is 7.75. The average molecular weight is 223 g/mol. The molecule has 1 aromatic carbocycles. The van der Waals surface area contributed by atoms with E-state index in [2.05, 4.69) is 5.32 Å². The van der Waals surface area contributed by atoms with Gasteiger partial charge < -0.3 is 10.1 Å². The molecule has 0 aromatic heterocycles. The maximum absolute atomic E-state index is 12.6. The fourth-order valence-electron chi connectivity index (χ4n) is 1.72. The highest BCUT2D eigenvalue weighted by molar-refractivity contribution is 5.94. The monoisotopic (exact) mass is 223 g/mol. The summed E-state index contributed by atoms with van der Waals surface area (Å²) < 4.78 is 18.0. The van der Waals surface area contributed by atoms with Crippen LogP contribution in [-0.2, 0) is 4.74 Å². The van der Waals surface area contributed by atoms with Crippen LogP contribution in [0, 0.1) is 5.82 Å². The molecule has 1 aliphatic heterocycles. The van der Waals surface area contributed by atoms with Crippen LogP contribution in [0.5, 0.6) is 0 Å². The second kappa shape index (κ2) is 5.07. The van der Waals surface area contributed by atoms with Crippen LogP contribution in [0.4, 0.5) is 4.39 Å². The van der Waals surface area contributed by atoms with E-state index in [1.165, 1.54) is 24.3 Å². The molecular weight excluding hydrogens is 209 g/mol. The van der Waals surface area contributed by atoms with Gasteiger partial charge in [0, 0.05) is 18.7 Å². The molecule has 1 saturated heterocycles. The third kappa shape index (κ3) is 2.79. The van der Waals surface area contributed by atoms with E-state index in [4.69, 9.17) is 4.74 Å². The quantitative estimate of drug-likeness (QED) is 0.847. The number of amides is 1. The van der Waals surface area contributed by atoms with Crippen LogP contribution < -0.4 is 5.32 Å². The summed E-state index contributed by atoms with van der Waals surface area (Å²) in [5.41, 5.74) is 0.472. The highest BCUT2D eigenvalue weighted by Crippen LogP contribution is 2.11. The number of carbonyl (C=O) groups excluding carboxylic acids is 1. The van der Waals surface area contributed by atoms with Gasteiger partial charge in [0.2, 0.25) is 0 Å². The van der Waals surface area contributed by atoms with Crippen molar-refractivity contribution in [1.82, 2.24) is 5.32 Å². The topological polar surface area (TPSA) is 38.3 Å². The van der Waals surface area contributed by atoms with Crippen LogP contribution in [0.25, 0.3) is 0 Å². The van der Waals surface area contributed by atoms with Gasteiger partial charge in [-0.1, -0.05) is 0 Å². The summed E-state index contributed by atoms with van der Waals surface area (Å²) >= 11 is 0. The third-order valence-corrected chi connectivity index (χ3v) is 2.62. The standard InChI is InChI=1S/C12H14FNO2/c13-10-5-3-9(4-6-10)12(15)14-8-11-2-1-7-16-11/h3-6,11H,1-2,7-8H2,(H,14,15)/t11-/m1/s1. The average Bonchev–Trinajstić information content (AvgIpc) is 2.80. The molecule has 1 aliphatic rings. The minimum atomic E-state index is -0.337. The highest BCUT2D eigenvalue weighted by atomic mass is 19.1. The molecule has 0 saturated carbocycles. The van der Waals surface area contributed by atoms with E-state index in [-0.39, 0.29) is 17.8 Å². The fourth-order valence-corrected chi connectivity index (χ4v) is 1.72. The molecule has 1 fully saturated rings. The van der Waals surface area contributed by atoms with Gasteiger partial charge in [-0.2, -0.15) is 0 Å². The predicted octanol–water partition coefficient (Wildman–Crippen LogP) is 1.73. The van der Waals surface area contributed by atoms with Crippen molar-refractivity contribution in [1.29, 1.82) is 0 Å². The predicted molar refractivity (Wildman–Crippen MR) is 57.7 cm³/mol. The number of rotatable bonds is 3. The van der Waals surface area contributed by atoms with Gasteiger partial charge in [-0.05, 0) is 37.1 Å². The lowest BCUT2D eigenvalue weighted by Crippen LogP contribution is -2.31. The second-order valence-corrected chi connectivity index (χ2v) is 3.85. The Morgan fingerprint density at radius 2 is 2.19 bits per heavy atom. The lowest BCUT2D eigenvalue weighted by molar-refractivity contribution is 0.0857. The molecule has 2 rings (SSSR count). The minimum absolute atomic E-state index is 0.129. The maximum atomic E-state index is 12.6. The third-order valence-electron chi connectivity index (χ3n) is 2.62. The Morgan fingerprint density at radius 1 is 1.44 bits per heavy atom. The van der Waals surface area contributed by atoms with Gasteiger partial charge in [0.25, 0.3) is 5.91 Å². The Hall–Kier alpha value is -1.42. The number of carbonyl (C=O) groups is 1. The van der Waals surface area contributed by atoms with Crippen molar-refractivity contribution in [3.05, 3.63) is 35.6 Å². The number of halogens is 1. The number of hydrogen-bond donors (Lipinski definition) is 1. The molecule has 86 valence electrons. The van der Waals surface area contributed by atoms with Crippen LogP contribution in [0.3, 0.4) is 0 Å². The summed E-state index contributed by atoms with van der Waals surface area (Å²) in [5, 5.41) is 2.77. The number of nitrogens with one attached hydrogen (secondary N) is 1. The van der Waals surface area contributed by atoms with Crippen molar-refractivity contribution in [2.45, 2.75) is 18.9 Å². The summed E-state index contributed by atoms with van der Waals surface area (Å²) in [5.74, 6) is -0.522. The zero-order valence-corrected chi connectivity index (χ0v) is 8.91. The molecule has 1 atom stereocenters. The summed E-state index contributed by atoms with van der Waals surface area (Å²) in [4.78, 5) is 11.6. The van der Waals surface area contributed by atoms with E-state index in [0.29, 0.717) is 12.1 Å². The second-order valence-electron chi connectivity index (χ2n) is 3.85. The number of hydrogen-bond acceptors (Lipinski definition) is 2. The maximum Gasteiger partial charge on any atom is 0.251 e. The molecule has 0 bridgehead atoms. The van der Waals surface area contributed by atoms with Crippen molar-refractivity contribution in [3.8, 4) is 0 Å². The Balaban J connectivity index is 1.85. The van der Waals surface area contributed by atoms with E-state index >= 15 is 0 Å². The molecular formula is C12H14FNO2. The first-order valence-electron chi connectivity index (χ1n) is 5.41. The van der Waals surface area contributed by atoms with Crippen LogP contribution in [0.15, 0.2) is 24.3 Å². The van der Waals surface area contributed by atoms with Crippen molar-refractivity contribution in [2.24, 2.45) is 0 Å². The zero-order chi connectivity index (χ0) is 11.4. The van der Waals surface area contributed by atoms with Crippen molar-refractivity contribution in [3.63, 3.8) is 0 Å². The van der Waals surface area contributed by atoms with Crippen LogP contribution in [-0.4, -0.2) is 25.2 Å². The van der Waals surface area contributed by atoms with Crippen LogP contribution in [0.2, 0.25) is 0 Å².